The summed E-state index contributed by atoms with van der Waals surface area (Å²) in [6.45, 7) is 6.12. The van der Waals surface area contributed by atoms with Crippen molar-refractivity contribution in [3.8, 4) is 11.1 Å². The Balaban J connectivity index is 1.28. The monoisotopic (exact) mass is 774 g/mol. The Morgan fingerprint density at radius 1 is 0.945 bits per heavy atom. The van der Waals surface area contributed by atoms with Crippen LogP contribution in [0, 0.1) is 17.3 Å². The second-order valence-corrected chi connectivity index (χ2v) is 17.0. The largest absolute Gasteiger partial charge is 0.427 e. The number of ether oxygens (including phenoxy) is 2. The number of nitrogens with zero attached hydrogens (tertiary/aromatic N) is 2. The van der Waals surface area contributed by atoms with Crippen molar-refractivity contribution < 1.29 is 41.9 Å². The molecule has 55 heavy (non-hydrogen) atoms. The number of nitrogens with one attached hydrogen (secondary N) is 2. The number of carbonyl (C=O) groups is 5. The van der Waals surface area contributed by atoms with Gasteiger partial charge in [0.25, 0.3) is 15.9 Å². The minimum absolute atomic E-state index is 0.0167. The molecule has 13 nitrogen and oxygen atoms in total. The second-order valence-electron chi connectivity index (χ2n) is 15.4. The average Bonchev–Trinajstić information content (AvgIpc) is 3.85. The Morgan fingerprint density at radius 3 is 2.33 bits per heavy atom. The van der Waals surface area contributed by atoms with Crippen LogP contribution in [0.25, 0.3) is 11.1 Å². The van der Waals surface area contributed by atoms with Gasteiger partial charge in [-0.15, -0.1) is 0 Å². The van der Waals surface area contributed by atoms with E-state index in [0.717, 1.165) is 31.2 Å². The summed E-state index contributed by atoms with van der Waals surface area (Å²) in [4.78, 5) is 71.5. The topological polar surface area (TPSA) is 178 Å². The first-order valence-electron chi connectivity index (χ1n) is 18.7. The van der Waals surface area contributed by atoms with Gasteiger partial charge in [0.15, 0.2) is 0 Å². The molecule has 1 aliphatic carbocycles. The highest BCUT2D eigenvalue weighted by molar-refractivity contribution is 7.90. The van der Waals surface area contributed by atoms with Crippen molar-refractivity contribution in [2.45, 2.75) is 96.0 Å². The number of pyridine rings is 1. The fourth-order valence-electron chi connectivity index (χ4n) is 7.03. The lowest BCUT2D eigenvalue weighted by Gasteiger charge is -2.37. The SMILES string of the molecule is CC(Cc1ccc(-c2ccccc2S(=O)(=O)NC(=O)CCC2CCCC2)cc1)C(=O)NC1(C(=O)OCOC(=O)C(C)(C)C)CCCN1C(=O)c1cccnc1. The Kier molecular flexibility index (Phi) is 13.1. The molecule has 0 bridgehead atoms. The lowest BCUT2D eigenvalue weighted by atomic mass is 9.96. The number of sulfonamides is 1. The number of hydrogen-bond acceptors (Lipinski definition) is 10. The van der Waals surface area contributed by atoms with Gasteiger partial charge in [0, 0.05) is 43.3 Å². The van der Waals surface area contributed by atoms with Gasteiger partial charge in [-0.25, -0.2) is 17.9 Å². The summed E-state index contributed by atoms with van der Waals surface area (Å²) in [5, 5.41) is 2.81. The minimum atomic E-state index is -4.14. The molecule has 0 radical (unpaired) electrons. The van der Waals surface area contributed by atoms with Gasteiger partial charge >= 0.3 is 11.9 Å². The summed E-state index contributed by atoms with van der Waals surface area (Å²) < 4.78 is 39.5. The summed E-state index contributed by atoms with van der Waals surface area (Å²) in [6.07, 6.45) is 8.85. The van der Waals surface area contributed by atoms with Gasteiger partial charge in [-0.1, -0.05) is 75.1 Å². The molecule has 2 aliphatic rings. The highest BCUT2D eigenvalue weighted by Gasteiger charge is 2.53. The van der Waals surface area contributed by atoms with Crippen LogP contribution in [-0.4, -0.2) is 67.0 Å². The molecule has 3 aromatic rings. The molecule has 2 atom stereocenters. The van der Waals surface area contributed by atoms with Crippen LogP contribution >= 0.6 is 0 Å². The van der Waals surface area contributed by atoms with Crippen LogP contribution in [-0.2, 0) is 45.1 Å². The van der Waals surface area contributed by atoms with Gasteiger partial charge in [-0.2, -0.15) is 0 Å². The Hall–Kier alpha value is -5.11. The third-order valence-corrected chi connectivity index (χ3v) is 11.6. The molecule has 2 N–H and O–H groups in total. The number of benzene rings is 2. The van der Waals surface area contributed by atoms with E-state index in [2.05, 4.69) is 15.0 Å². The van der Waals surface area contributed by atoms with E-state index in [4.69, 9.17) is 9.47 Å². The Labute approximate surface area is 322 Å². The zero-order valence-corrected chi connectivity index (χ0v) is 32.7. The predicted molar refractivity (Wildman–Crippen MR) is 203 cm³/mol. The van der Waals surface area contributed by atoms with Crippen LogP contribution in [0.4, 0.5) is 0 Å². The zero-order chi connectivity index (χ0) is 39.8. The third-order valence-electron chi connectivity index (χ3n) is 10.1. The quantitative estimate of drug-likeness (QED) is 0.156. The first-order chi connectivity index (χ1) is 26.1. The highest BCUT2D eigenvalue weighted by atomic mass is 32.2. The van der Waals surface area contributed by atoms with Gasteiger partial charge in [-0.3, -0.25) is 24.2 Å². The molecule has 2 fully saturated rings. The lowest BCUT2D eigenvalue weighted by molar-refractivity contribution is -0.181. The van der Waals surface area contributed by atoms with E-state index in [1.165, 1.54) is 23.4 Å². The Morgan fingerprint density at radius 2 is 1.65 bits per heavy atom. The molecule has 2 aromatic carbocycles. The maximum absolute atomic E-state index is 13.8. The minimum Gasteiger partial charge on any atom is -0.427 e. The van der Waals surface area contributed by atoms with Crippen LogP contribution in [0.15, 0.2) is 78.0 Å². The molecular formula is C41H50N4O9S. The third kappa shape index (κ3) is 10.2. The van der Waals surface area contributed by atoms with E-state index >= 15 is 0 Å². The Bertz CT molecular complexity index is 1970. The fourth-order valence-corrected chi connectivity index (χ4v) is 8.27. The molecule has 3 amide bonds. The van der Waals surface area contributed by atoms with Crippen LogP contribution in [0.2, 0.25) is 0 Å². The number of rotatable bonds is 14. The van der Waals surface area contributed by atoms with E-state index in [1.54, 1.807) is 82.3 Å². The number of amides is 3. The number of esters is 2. The molecule has 0 spiro atoms. The first kappa shape index (κ1) is 41.1. The van der Waals surface area contributed by atoms with Gasteiger partial charge in [0.1, 0.15) is 0 Å². The molecule has 294 valence electrons. The molecule has 1 aliphatic heterocycles. The van der Waals surface area contributed by atoms with Crippen molar-refractivity contribution in [1.82, 2.24) is 19.9 Å². The standard InChI is InChI=1S/C41H50N4O9S/c1-28(25-30-16-19-31(20-17-30)33-14-7-8-15-34(33)55(51,52)44-35(46)21-18-29-11-5-6-12-29)36(47)43-41(39(50)54-27-53-38(49)40(2,3)4)22-10-24-45(41)37(48)32-13-9-23-42-26-32/h7-9,13-17,19-20,23,26,28-29H,5-6,10-12,18,21-22,24-25,27H2,1-4H3,(H,43,47)(H,44,46). The van der Waals surface area contributed by atoms with Crippen molar-refractivity contribution in [1.29, 1.82) is 0 Å². The molecule has 1 saturated heterocycles. The molecule has 2 unspecified atom stereocenters. The van der Waals surface area contributed by atoms with E-state index in [1.807, 2.05) is 0 Å². The summed E-state index contributed by atoms with van der Waals surface area (Å²) in [5.41, 5.74) is -0.702. The summed E-state index contributed by atoms with van der Waals surface area (Å²) in [5.74, 6) is -3.31. The van der Waals surface area contributed by atoms with Crippen molar-refractivity contribution in [2.24, 2.45) is 17.3 Å². The lowest BCUT2D eigenvalue weighted by Crippen LogP contribution is -2.65. The second kappa shape index (κ2) is 17.6. The number of hydrogen-bond donors (Lipinski definition) is 2. The van der Waals surface area contributed by atoms with Crippen molar-refractivity contribution in [2.75, 3.05) is 13.3 Å². The molecule has 1 saturated carbocycles. The van der Waals surface area contributed by atoms with Crippen LogP contribution in [0.3, 0.4) is 0 Å². The van der Waals surface area contributed by atoms with Crippen molar-refractivity contribution >= 4 is 39.7 Å². The van der Waals surface area contributed by atoms with Gasteiger partial charge in [-0.05, 0) is 75.3 Å². The number of likely N-dealkylation sites (tertiary alicyclic amines) is 1. The molecular weight excluding hydrogens is 725 g/mol. The molecule has 2 heterocycles. The summed E-state index contributed by atoms with van der Waals surface area (Å²) in [6, 6.07) is 16.7. The van der Waals surface area contributed by atoms with Crippen LogP contribution in [0.5, 0.6) is 0 Å². The molecule has 14 heteroatoms. The van der Waals surface area contributed by atoms with E-state index in [9.17, 15) is 32.4 Å². The van der Waals surface area contributed by atoms with Gasteiger partial charge < -0.3 is 19.7 Å². The average molecular weight is 775 g/mol. The number of carbonyl (C=O) groups excluding carboxylic acids is 5. The van der Waals surface area contributed by atoms with Crippen LogP contribution in [0.1, 0.15) is 95.0 Å². The maximum Gasteiger partial charge on any atom is 0.356 e. The van der Waals surface area contributed by atoms with E-state index < -0.39 is 63.5 Å². The number of aromatic nitrogens is 1. The first-order valence-corrected chi connectivity index (χ1v) is 20.2. The van der Waals surface area contributed by atoms with E-state index in [0.29, 0.717) is 29.9 Å². The van der Waals surface area contributed by atoms with Crippen molar-refractivity contribution in [3.05, 3.63) is 84.2 Å². The normalized spacial score (nSPS) is 18.0. The predicted octanol–water partition coefficient (Wildman–Crippen LogP) is 5.54. The molecule has 1 aromatic heterocycles. The smallest absolute Gasteiger partial charge is 0.356 e. The van der Waals surface area contributed by atoms with Gasteiger partial charge in [0.2, 0.25) is 24.3 Å². The highest BCUT2D eigenvalue weighted by Crippen LogP contribution is 2.32. The van der Waals surface area contributed by atoms with E-state index in [-0.39, 0.29) is 36.3 Å². The summed E-state index contributed by atoms with van der Waals surface area (Å²) in [7, 11) is -4.14. The zero-order valence-electron chi connectivity index (χ0n) is 31.8. The van der Waals surface area contributed by atoms with Gasteiger partial charge in [0.05, 0.1) is 15.9 Å². The maximum atomic E-state index is 13.8. The van der Waals surface area contributed by atoms with Crippen molar-refractivity contribution in [3.63, 3.8) is 0 Å². The summed E-state index contributed by atoms with van der Waals surface area (Å²) >= 11 is 0. The van der Waals surface area contributed by atoms with Crippen LogP contribution < -0.4 is 10.0 Å². The molecule has 5 rings (SSSR count). The fraction of sp³-hybridized carbons (Fsp3) is 0.463.